The summed E-state index contributed by atoms with van der Waals surface area (Å²) in [5, 5.41) is 0. The highest BCUT2D eigenvalue weighted by Crippen LogP contribution is 2.37. The number of piperidine rings is 1. The normalized spacial score (nSPS) is 15.7. The summed E-state index contributed by atoms with van der Waals surface area (Å²) >= 11 is 0. The van der Waals surface area contributed by atoms with Gasteiger partial charge in [0.2, 0.25) is 5.91 Å². The summed E-state index contributed by atoms with van der Waals surface area (Å²) < 4.78 is 18.7. The summed E-state index contributed by atoms with van der Waals surface area (Å²) in [5.41, 5.74) is 0.0597. The number of halogens is 1. The fourth-order valence-corrected chi connectivity index (χ4v) is 3.59. The Morgan fingerprint density at radius 3 is 2.32 bits per heavy atom. The minimum absolute atomic E-state index is 0.0312. The molecule has 0 spiro atoms. The molecule has 0 saturated carbocycles. The van der Waals surface area contributed by atoms with Crippen LogP contribution in [0, 0.1) is 5.82 Å². The molecule has 0 aliphatic carbocycles. The van der Waals surface area contributed by atoms with E-state index in [1.165, 1.54) is 25.1 Å². The second-order valence-corrected chi connectivity index (χ2v) is 6.96. The van der Waals surface area contributed by atoms with Crippen LogP contribution < -0.4 is 0 Å². The molecular weight excluding hydrogens is 361 g/mol. The molecule has 1 amide bonds. The van der Waals surface area contributed by atoms with Gasteiger partial charge in [0.1, 0.15) is 5.82 Å². The number of hydrogen-bond acceptors (Lipinski definition) is 4. The summed E-state index contributed by atoms with van der Waals surface area (Å²) in [6.07, 6.45) is 0.840. The second kappa shape index (κ2) is 8.33. The van der Waals surface area contributed by atoms with Gasteiger partial charge in [0, 0.05) is 25.6 Å². The lowest BCUT2D eigenvalue weighted by Crippen LogP contribution is -2.49. The molecule has 0 atom stereocenters. The molecule has 0 unspecified atom stereocenters. The molecule has 0 bridgehead atoms. The third-order valence-corrected chi connectivity index (χ3v) is 5.26. The number of likely N-dealkylation sites (tertiary alicyclic amines) is 1. The van der Waals surface area contributed by atoms with Gasteiger partial charge in [-0.05, 0) is 30.5 Å². The van der Waals surface area contributed by atoms with Gasteiger partial charge in [0.15, 0.2) is 12.4 Å². The van der Waals surface area contributed by atoms with E-state index in [2.05, 4.69) is 0 Å². The van der Waals surface area contributed by atoms with E-state index in [4.69, 9.17) is 4.74 Å². The maximum absolute atomic E-state index is 13.3. The zero-order chi connectivity index (χ0) is 20.1. The van der Waals surface area contributed by atoms with Gasteiger partial charge < -0.3 is 9.64 Å². The number of rotatable bonds is 5. The van der Waals surface area contributed by atoms with Crippen LogP contribution in [0.15, 0.2) is 54.6 Å². The largest absolute Gasteiger partial charge is 0.457 e. The van der Waals surface area contributed by atoms with E-state index in [9.17, 15) is 18.8 Å². The Bertz CT molecular complexity index is 873. The smallest absolute Gasteiger partial charge is 0.317 e. The first-order chi connectivity index (χ1) is 13.4. The molecule has 1 fully saturated rings. The van der Waals surface area contributed by atoms with E-state index in [-0.39, 0.29) is 11.5 Å². The Kier molecular flexibility index (Phi) is 5.87. The molecule has 0 N–H and O–H groups in total. The molecule has 28 heavy (non-hydrogen) atoms. The minimum Gasteiger partial charge on any atom is -0.457 e. The first-order valence-electron chi connectivity index (χ1n) is 9.19. The molecule has 1 heterocycles. The fourth-order valence-electron chi connectivity index (χ4n) is 3.59. The molecule has 2 aromatic rings. The predicted molar refractivity (Wildman–Crippen MR) is 101 cm³/mol. The van der Waals surface area contributed by atoms with Crippen LogP contribution in [0.2, 0.25) is 0 Å². The summed E-state index contributed by atoms with van der Waals surface area (Å²) in [4.78, 5) is 38.7. The number of carbonyl (C=O) groups is 3. The van der Waals surface area contributed by atoms with Crippen LogP contribution in [-0.2, 0) is 19.7 Å². The maximum Gasteiger partial charge on any atom is 0.317 e. The van der Waals surface area contributed by atoms with Crippen molar-refractivity contribution in [2.24, 2.45) is 0 Å². The fraction of sp³-hybridized carbons (Fsp3) is 0.318. The van der Waals surface area contributed by atoms with Crippen LogP contribution in [0.25, 0.3) is 0 Å². The van der Waals surface area contributed by atoms with E-state index in [0.717, 1.165) is 11.6 Å². The number of hydrogen-bond donors (Lipinski definition) is 0. The predicted octanol–water partition coefficient (Wildman–Crippen LogP) is 3.13. The summed E-state index contributed by atoms with van der Waals surface area (Å²) in [5.74, 6) is -1.50. The Hall–Kier alpha value is -3.02. The standard InChI is InChI=1S/C22H22FNO4/c1-16(25)24-12-10-22(11-13-24,18-7-3-2-4-8-18)21(27)28-15-20(26)17-6-5-9-19(23)14-17/h2-9,14H,10-13,15H2,1H3. The van der Waals surface area contributed by atoms with E-state index in [0.29, 0.717) is 25.9 Å². The first-order valence-corrected chi connectivity index (χ1v) is 9.19. The number of esters is 1. The highest BCUT2D eigenvalue weighted by atomic mass is 19.1. The number of amides is 1. The number of nitrogens with zero attached hydrogens (tertiary/aromatic N) is 1. The van der Waals surface area contributed by atoms with Crippen molar-refractivity contribution >= 4 is 17.7 Å². The lowest BCUT2D eigenvalue weighted by atomic mass is 9.72. The third-order valence-electron chi connectivity index (χ3n) is 5.26. The van der Waals surface area contributed by atoms with Crippen LogP contribution in [-0.4, -0.2) is 42.3 Å². The zero-order valence-electron chi connectivity index (χ0n) is 15.7. The Balaban J connectivity index is 1.76. The summed E-state index contributed by atoms with van der Waals surface area (Å²) in [6, 6.07) is 14.6. The Morgan fingerprint density at radius 2 is 1.71 bits per heavy atom. The average Bonchev–Trinajstić information content (AvgIpc) is 2.72. The number of carbonyl (C=O) groups excluding carboxylic acids is 3. The van der Waals surface area contributed by atoms with Crippen LogP contribution in [0.3, 0.4) is 0 Å². The summed E-state index contributed by atoms with van der Waals surface area (Å²) in [6.45, 7) is 1.94. The molecule has 0 radical (unpaired) electrons. The molecule has 2 aromatic carbocycles. The van der Waals surface area contributed by atoms with E-state index in [1.807, 2.05) is 30.3 Å². The molecule has 1 saturated heterocycles. The van der Waals surface area contributed by atoms with Crippen molar-refractivity contribution in [3.63, 3.8) is 0 Å². The Labute approximate surface area is 163 Å². The van der Waals surface area contributed by atoms with Gasteiger partial charge in [-0.15, -0.1) is 0 Å². The highest BCUT2D eigenvalue weighted by Gasteiger charge is 2.44. The van der Waals surface area contributed by atoms with Gasteiger partial charge >= 0.3 is 5.97 Å². The molecule has 146 valence electrons. The van der Waals surface area contributed by atoms with Crippen molar-refractivity contribution in [3.8, 4) is 0 Å². The SMILES string of the molecule is CC(=O)N1CCC(C(=O)OCC(=O)c2cccc(F)c2)(c2ccccc2)CC1. The third kappa shape index (κ3) is 4.11. The van der Waals surface area contributed by atoms with Crippen molar-refractivity contribution in [2.75, 3.05) is 19.7 Å². The van der Waals surface area contributed by atoms with Gasteiger partial charge in [-0.25, -0.2) is 4.39 Å². The van der Waals surface area contributed by atoms with Crippen LogP contribution in [0.1, 0.15) is 35.7 Å². The van der Waals surface area contributed by atoms with Gasteiger partial charge in [-0.3, -0.25) is 14.4 Å². The zero-order valence-corrected chi connectivity index (χ0v) is 15.7. The highest BCUT2D eigenvalue weighted by molar-refractivity contribution is 5.98. The molecular formula is C22H22FNO4. The summed E-state index contributed by atoms with van der Waals surface area (Å²) in [7, 11) is 0. The van der Waals surface area contributed by atoms with Gasteiger partial charge in [-0.2, -0.15) is 0 Å². The lowest BCUT2D eigenvalue weighted by molar-refractivity contribution is -0.153. The van der Waals surface area contributed by atoms with Gasteiger partial charge in [-0.1, -0.05) is 42.5 Å². The van der Waals surface area contributed by atoms with Crippen molar-refractivity contribution in [1.82, 2.24) is 4.90 Å². The second-order valence-electron chi connectivity index (χ2n) is 6.96. The van der Waals surface area contributed by atoms with E-state index in [1.54, 1.807) is 4.90 Å². The molecule has 5 nitrogen and oxygen atoms in total. The maximum atomic E-state index is 13.3. The number of Topliss-reactive ketones (excluding diaryl/α,β-unsaturated/α-hetero) is 1. The van der Waals surface area contributed by atoms with Crippen molar-refractivity contribution in [1.29, 1.82) is 0 Å². The quantitative estimate of drug-likeness (QED) is 0.588. The lowest BCUT2D eigenvalue weighted by Gasteiger charge is -2.40. The van der Waals surface area contributed by atoms with Crippen LogP contribution >= 0.6 is 0 Å². The van der Waals surface area contributed by atoms with Crippen molar-refractivity contribution < 1.29 is 23.5 Å². The molecule has 1 aliphatic heterocycles. The monoisotopic (exact) mass is 383 g/mol. The van der Waals surface area contributed by atoms with Gasteiger partial charge in [0.25, 0.3) is 0 Å². The number of ketones is 1. The van der Waals surface area contributed by atoms with Crippen LogP contribution in [0.4, 0.5) is 4.39 Å². The van der Waals surface area contributed by atoms with E-state index < -0.39 is 29.6 Å². The average molecular weight is 383 g/mol. The van der Waals surface area contributed by atoms with Gasteiger partial charge in [0.05, 0.1) is 5.41 Å². The van der Waals surface area contributed by atoms with E-state index >= 15 is 0 Å². The molecule has 0 aromatic heterocycles. The molecule has 6 heteroatoms. The molecule has 1 aliphatic rings. The van der Waals surface area contributed by atoms with Crippen molar-refractivity contribution in [3.05, 3.63) is 71.5 Å². The number of ether oxygens (including phenoxy) is 1. The number of benzene rings is 2. The van der Waals surface area contributed by atoms with Crippen LogP contribution in [0.5, 0.6) is 0 Å². The topological polar surface area (TPSA) is 63.7 Å². The molecule has 3 rings (SSSR count). The minimum atomic E-state index is -0.907. The Morgan fingerprint density at radius 1 is 1.04 bits per heavy atom. The first kappa shape index (κ1) is 19.7. The van der Waals surface area contributed by atoms with Crippen molar-refractivity contribution in [2.45, 2.75) is 25.2 Å².